The predicted octanol–water partition coefficient (Wildman–Crippen LogP) is 3.01. The molecular weight excluding hydrogens is 458 g/mol. The van der Waals surface area contributed by atoms with Crippen LogP contribution in [0.15, 0.2) is 77.5 Å². The molecule has 0 unspecified atom stereocenters. The van der Waals surface area contributed by atoms with Gasteiger partial charge in [-0.3, -0.25) is 4.79 Å². The van der Waals surface area contributed by atoms with Gasteiger partial charge in [-0.25, -0.2) is 18.1 Å². The molecule has 0 saturated heterocycles. The van der Waals surface area contributed by atoms with E-state index in [1.165, 1.54) is 27.6 Å². The SMILES string of the molecule is O=C(NCc1ccc(-n2cncn2)cc1)c1cccc(S(=O)(=O)N2CCc3sccc3C2)c1. The molecule has 33 heavy (non-hydrogen) atoms. The topological polar surface area (TPSA) is 97.2 Å². The van der Waals surface area contributed by atoms with Crippen molar-refractivity contribution in [1.82, 2.24) is 24.4 Å². The van der Waals surface area contributed by atoms with Crippen LogP contribution in [0.3, 0.4) is 0 Å². The summed E-state index contributed by atoms with van der Waals surface area (Å²) in [4.78, 5) is 18.0. The number of carbonyl (C=O) groups is 1. The zero-order valence-electron chi connectivity index (χ0n) is 17.6. The summed E-state index contributed by atoms with van der Waals surface area (Å²) in [6.45, 7) is 1.12. The fourth-order valence-electron chi connectivity index (χ4n) is 3.77. The smallest absolute Gasteiger partial charge is 0.251 e. The Morgan fingerprint density at radius 1 is 1.12 bits per heavy atom. The molecule has 1 aliphatic rings. The van der Waals surface area contributed by atoms with Crippen LogP contribution >= 0.6 is 11.3 Å². The molecule has 0 aliphatic carbocycles. The summed E-state index contributed by atoms with van der Waals surface area (Å²) >= 11 is 1.66. The molecule has 1 amide bonds. The van der Waals surface area contributed by atoms with E-state index >= 15 is 0 Å². The second-order valence-corrected chi connectivity index (χ2v) is 10.6. The number of thiophene rings is 1. The third-order valence-electron chi connectivity index (χ3n) is 5.58. The van der Waals surface area contributed by atoms with Crippen LogP contribution in [0, 0.1) is 0 Å². The predicted molar refractivity (Wildman–Crippen MR) is 125 cm³/mol. The van der Waals surface area contributed by atoms with Crippen molar-refractivity contribution < 1.29 is 13.2 Å². The fourth-order valence-corrected chi connectivity index (χ4v) is 6.12. The van der Waals surface area contributed by atoms with Crippen molar-refractivity contribution >= 4 is 27.3 Å². The molecule has 0 bridgehead atoms. The number of nitrogens with one attached hydrogen (secondary N) is 1. The van der Waals surface area contributed by atoms with Gasteiger partial charge >= 0.3 is 0 Å². The van der Waals surface area contributed by atoms with Crippen molar-refractivity contribution in [2.45, 2.75) is 24.4 Å². The van der Waals surface area contributed by atoms with Crippen LogP contribution < -0.4 is 5.32 Å². The standard InChI is InChI=1S/C23H21N5O3S2/c29-23(25-13-17-4-6-20(7-5-17)28-16-24-15-26-28)18-2-1-3-21(12-18)33(30,31)27-10-8-22-19(14-27)9-11-32-22/h1-7,9,11-12,15-16H,8,10,13-14H2,(H,25,29). The second kappa shape index (κ2) is 8.89. The van der Waals surface area contributed by atoms with Gasteiger partial charge in [0.25, 0.3) is 5.91 Å². The molecule has 4 aromatic rings. The van der Waals surface area contributed by atoms with E-state index in [-0.39, 0.29) is 10.8 Å². The number of amides is 1. The van der Waals surface area contributed by atoms with E-state index in [1.54, 1.807) is 34.5 Å². The summed E-state index contributed by atoms with van der Waals surface area (Å²) in [5, 5.41) is 8.93. The summed E-state index contributed by atoms with van der Waals surface area (Å²) in [6.07, 6.45) is 3.79. The van der Waals surface area contributed by atoms with Crippen molar-refractivity contribution in [1.29, 1.82) is 0 Å². The van der Waals surface area contributed by atoms with Crippen molar-refractivity contribution in [3.05, 3.63) is 94.2 Å². The van der Waals surface area contributed by atoms with Crippen molar-refractivity contribution in [2.75, 3.05) is 6.54 Å². The lowest BCUT2D eigenvalue weighted by atomic mass is 10.1. The number of carbonyl (C=O) groups excluding carboxylic acids is 1. The maximum atomic E-state index is 13.2. The van der Waals surface area contributed by atoms with Gasteiger partial charge < -0.3 is 5.32 Å². The molecule has 1 N–H and O–H groups in total. The van der Waals surface area contributed by atoms with Crippen molar-refractivity contribution in [3.8, 4) is 5.69 Å². The Hall–Kier alpha value is -3.34. The van der Waals surface area contributed by atoms with Crippen LogP contribution in [0.2, 0.25) is 0 Å². The van der Waals surface area contributed by atoms with E-state index in [0.29, 0.717) is 31.6 Å². The third kappa shape index (κ3) is 4.45. The molecule has 0 spiro atoms. The Bertz CT molecular complexity index is 1380. The minimum atomic E-state index is -3.69. The maximum absolute atomic E-state index is 13.2. The molecule has 1 aliphatic heterocycles. The monoisotopic (exact) mass is 479 g/mol. The Morgan fingerprint density at radius 3 is 2.76 bits per heavy atom. The summed E-state index contributed by atoms with van der Waals surface area (Å²) < 4.78 is 29.5. The summed E-state index contributed by atoms with van der Waals surface area (Å²) in [6, 6.07) is 15.8. The van der Waals surface area contributed by atoms with Gasteiger partial charge in [-0.05, 0) is 59.3 Å². The molecule has 0 radical (unpaired) electrons. The Balaban J connectivity index is 1.26. The van der Waals surface area contributed by atoms with Gasteiger partial charge in [-0.1, -0.05) is 18.2 Å². The highest BCUT2D eigenvalue weighted by Gasteiger charge is 2.29. The zero-order valence-corrected chi connectivity index (χ0v) is 19.2. The van der Waals surface area contributed by atoms with E-state index < -0.39 is 10.0 Å². The molecular formula is C23H21N5O3S2. The van der Waals surface area contributed by atoms with Crippen LogP contribution in [0.5, 0.6) is 0 Å². The summed E-state index contributed by atoms with van der Waals surface area (Å²) in [7, 11) is -3.69. The normalized spacial score (nSPS) is 14.1. The largest absolute Gasteiger partial charge is 0.348 e. The summed E-state index contributed by atoms with van der Waals surface area (Å²) in [5.41, 5.74) is 3.14. The maximum Gasteiger partial charge on any atom is 0.251 e. The second-order valence-electron chi connectivity index (χ2n) is 7.67. The van der Waals surface area contributed by atoms with Gasteiger partial charge in [0.2, 0.25) is 10.0 Å². The van der Waals surface area contributed by atoms with Crippen LogP contribution in [-0.4, -0.2) is 39.9 Å². The number of fused-ring (bicyclic) bond motifs is 1. The molecule has 0 atom stereocenters. The van der Waals surface area contributed by atoms with Gasteiger partial charge in [-0.15, -0.1) is 11.3 Å². The van der Waals surface area contributed by atoms with Crippen LogP contribution in [0.1, 0.15) is 26.4 Å². The lowest BCUT2D eigenvalue weighted by molar-refractivity contribution is 0.0950. The minimum Gasteiger partial charge on any atom is -0.348 e. The quantitative estimate of drug-likeness (QED) is 0.459. The highest BCUT2D eigenvalue weighted by atomic mass is 32.2. The molecule has 10 heteroatoms. The minimum absolute atomic E-state index is 0.131. The van der Waals surface area contributed by atoms with Crippen LogP contribution in [0.4, 0.5) is 0 Å². The van der Waals surface area contributed by atoms with Crippen LogP contribution in [-0.2, 0) is 29.5 Å². The Labute approximate surface area is 195 Å². The average molecular weight is 480 g/mol. The molecule has 5 rings (SSSR count). The zero-order chi connectivity index (χ0) is 22.8. The van der Waals surface area contributed by atoms with E-state index in [4.69, 9.17) is 0 Å². The first-order valence-corrected chi connectivity index (χ1v) is 12.7. The Kier molecular flexibility index (Phi) is 5.79. The van der Waals surface area contributed by atoms with Crippen LogP contribution in [0.25, 0.3) is 5.69 Å². The molecule has 2 aromatic heterocycles. The van der Waals surface area contributed by atoms with E-state index in [0.717, 1.165) is 16.8 Å². The number of hydrogen-bond donors (Lipinski definition) is 1. The lowest BCUT2D eigenvalue weighted by Gasteiger charge is -2.26. The molecule has 0 saturated carbocycles. The average Bonchev–Trinajstić information content (AvgIpc) is 3.55. The third-order valence-corrected chi connectivity index (χ3v) is 8.44. The molecule has 3 heterocycles. The van der Waals surface area contributed by atoms with Gasteiger partial charge in [0, 0.05) is 30.1 Å². The first kappa shape index (κ1) is 21.5. The lowest BCUT2D eigenvalue weighted by Crippen LogP contribution is -2.35. The highest BCUT2D eigenvalue weighted by molar-refractivity contribution is 7.89. The fraction of sp³-hybridized carbons (Fsp3) is 0.174. The number of nitrogens with zero attached hydrogens (tertiary/aromatic N) is 4. The van der Waals surface area contributed by atoms with Crippen molar-refractivity contribution in [3.63, 3.8) is 0 Å². The Morgan fingerprint density at radius 2 is 1.97 bits per heavy atom. The molecule has 0 fully saturated rings. The van der Waals surface area contributed by atoms with Gasteiger partial charge in [0.1, 0.15) is 12.7 Å². The van der Waals surface area contributed by atoms with Gasteiger partial charge in [-0.2, -0.15) is 9.40 Å². The molecule has 8 nitrogen and oxygen atoms in total. The summed E-state index contributed by atoms with van der Waals surface area (Å²) in [5.74, 6) is -0.328. The number of rotatable bonds is 6. The molecule has 168 valence electrons. The van der Waals surface area contributed by atoms with Gasteiger partial charge in [0.05, 0.1) is 10.6 Å². The van der Waals surface area contributed by atoms with E-state index in [9.17, 15) is 13.2 Å². The number of sulfonamides is 1. The van der Waals surface area contributed by atoms with E-state index in [1.807, 2.05) is 35.7 Å². The van der Waals surface area contributed by atoms with E-state index in [2.05, 4.69) is 15.4 Å². The number of hydrogen-bond acceptors (Lipinski definition) is 6. The highest BCUT2D eigenvalue weighted by Crippen LogP contribution is 2.28. The van der Waals surface area contributed by atoms with Crippen molar-refractivity contribution in [2.24, 2.45) is 0 Å². The first-order chi connectivity index (χ1) is 16.0. The first-order valence-electron chi connectivity index (χ1n) is 10.4. The number of aromatic nitrogens is 3. The van der Waals surface area contributed by atoms with Gasteiger partial charge in [0.15, 0.2) is 0 Å². The number of benzene rings is 2. The molecule has 2 aromatic carbocycles.